The normalized spacial score (nSPS) is 14.1. The van der Waals surface area contributed by atoms with Gasteiger partial charge in [0.05, 0.1) is 13.7 Å². The number of benzene rings is 1. The van der Waals surface area contributed by atoms with Crippen LogP contribution in [0.5, 0.6) is 5.75 Å². The van der Waals surface area contributed by atoms with Crippen LogP contribution in [0, 0.1) is 0 Å². The first-order valence-electron chi connectivity index (χ1n) is 8.60. The SMILES string of the molecule is CCOC(=O)N1CCN(c2ccnc(Nc3cccc(OC)c3)n2)CC1. The largest absolute Gasteiger partial charge is 0.497 e. The standard InChI is InChI=1S/C18H23N5O3/c1-3-26-18(24)23-11-9-22(10-12-23)16-7-8-19-17(21-16)20-14-5-4-6-15(13-14)25-2/h4-8,13H,3,9-12H2,1-2H3,(H,19,20,21). The summed E-state index contributed by atoms with van der Waals surface area (Å²) in [5.74, 6) is 2.11. The molecule has 0 aliphatic carbocycles. The van der Waals surface area contributed by atoms with Crippen LogP contribution in [-0.2, 0) is 4.74 Å². The first-order valence-corrected chi connectivity index (χ1v) is 8.60. The molecule has 1 fully saturated rings. The number of carbonyl (C=O) groups excluding carboxylic acids is 1. The highest BCUT2D eigenvalue weighted by atomic mass is 16.6. The fraction of sp³-hybridized carbons (Fsp3) is 0.389. The van der Waals surface area contributed by atoms with Crippen LogP contribution in [0.2, 0.25) is 0 Å². The van der Waals surface area contributed by atoms with E-state index < -0.39 is 0 Å². The van der Waals surface area contributed by atoms with Crippen molar-refractivity contribution in [2.75, 3.05) is 50.1 Å². The van der Waals surface area contributed by atoms with Gasteiger partial charge in [-0.25, -0.2) is 9.78 Å². The van der Waals surface area contributed by atoms with Crippen molar-refractivity contribution >= 4 is 23.5 Å². The van der Waals surface area contributed by atoms with Crippen LogP contribution in [-0.4, -0.2) is 60.9 Å². The predicted molar refractivity (Wildman–Crippen MR) is 99.1 cm³/mol. The van der Waals surface area contributed by atoms with E-state index >= 15 is 0 Å². The first kappa shape index (κ1) is 17.8. The molecule has 1 saturated heterocycles. The van der Waals surface area contributed by atoms with E-state index in [1.54, 1.807) is 18.2 Å². The van der Waals surface area contributed by atoms with E-state index in [1.165, 1.54) is 0 Å². The fourth-order valence-corrected chi connectivity index (χ4v) is 2.75. The molecular formula is C18H23N5O3. The van der Waals surface area contributed by atoms with E-state index in [2.05, 4.69) is 20.2 Å². The molecule has 1 aliphatic heterocycles. The number of carbonyl (C=O) groups is 1. The smallest absolute Gasteiger partial charge is 0.409 e. The zero-order valence-corrected chi connectivity index (χ0v) is 15.0. The summed E-state index contributed by atoms with van der Waals surface area (Å²) in [5, 5.41) is 3.19. The number of nitrogens with zero attached hydrogens (tertiary/aromatic N) is 4. The number of methoxy groups -OCH3 is 1. The number of amides is 1. The molecule has 0 spiro atoms. The fourth-order valence-electron chi connectivity index (χ4n) is 2.75. The van der Waals surface area contributed by atoms with E-state index in [0.717, 1.165) is 17.3 Å². The van der Waals surface area contributed by atoms with Gasteiger partial charge < -0.3 is 24.6 Å². The van der Waals surface area contributed by atoms with Gasteiger partial charge in [0.1, 0.15) is 11.6 Å². The molecule has 8 nitrogen and oxygen atoms in total. The zero-order chi connectivity index (χ0) is 18.4. The lowest BCUT2D eigenvalue weighted by molar-refractivity contribution is 0.105. The maximum absolute atomic E-state index is 11.8. The third-order valence-electron chi connectivity index (χ3n) is 4.10. The Bertz CT molecular complexity index is 747. The van der Waals surface area contributed by atoms with Crippen molar-refractivity contribution in [2.24, 2.45) is 0 Å². The molecule has 0 radical (unpaired) electrons. The van der Waals surface area contributed by atoms with Crippen molar-refractivity contribution in [3.8, 4) is 5.75 Å². The Labute approximate surface area is 152 Å². The lowest BCUT2D eigenvalue weighted by Crippen LogP contribution is -2.49. The van der Waals surface area contributed by atoms with E-state index in [9.17, 15) is 4.79 Å². The number of aromatic nitrogens is 2. The summed E-state index contributed by atoms with van der Waals surface area (Å²) in [5.41, 5.74) is 0.855. The molecule has 1 amide bonds. The Morgan fingerprint density at radius 3 is 2.77 bits per heavy atom. The van der Waals surface area contributed by atoms with E-state index in [0.29, 0.717) is 38.7 Å². The van der Waals surface area contributed by atoms with E-state index in [1.807, 2.05) is 37.3 Å². The van der Waals surface area contributed by atoms with Crippen LogP contribution < -0.4 is 15.0 Å². The number of ether oxygens (including phenoxy) is 2. The van der Waals surface area contributed by atoms with Crippen LogP contribution in [0.15, 0.2) is 36.5 Å². The van der Waals surface area contributed by atoms with Crippen molar-refractivity contribution in [3.05, 3.63) is 36.5 Å². The lowest BCUT2D eigenvalue weighted by atomic mass is 10.3. The van der Waals surface area contributed by atoms with Gasteiger partial charge in [0.25, 0.3) is 0 Å². The minimum absolute atomic E-state index is 0.254. The lowest BCUT2D eigenvalue weighted by Gasteiger charge is -2.34. The van der Waals surface area contributed by atoms with Crippen molar-refractivity contribution < 1.29 is 14.3 Å². The van der Waals surface area contributed by atoms with Crippen LogP contribution in [0.4, 0.5) is 22.2 Å². The summed E-state index contributed by atoms with van der Waals surface area (Å²) in [6, 6.07) is 9.46. The zero-order valence-electron chi connectivity index (χ0n) is 15.0. The van der Waals surface area contributed by atoms with Gasteiger partial charge in [0.15, 0.2) is 0 Å². The number of piperazine rings is 1. The highest BCUT2D eigenvalue weighted by molar-refractivity contribution is 5.68. The summed E-state index contributed by atoms with van der Waals surface area (Å²) < 4.78 is 10.3. The number of rotatable bonds is 5. The number of anilines is 3. The van der Waals surface area contributed by atoms with E-state index in [-0.39, 0.29) is 6.09 Å². The Morgan fingerprint density at radius 2 is 2.04 bits per heavy atom. The Hall–Kier alpha value is -3.03. The molecular weight excluding hydrogens is 334 g/mol. The second kappa shape index (κ2) is 8.37. The second-order valence-electron chi connectivity index (χ2n) is 5.77. The molecule has 8 heteroatoms. The number of hydrogen-bond acceptors (Lipinski definition) is 7. The highest BCUT2D eigenvalue weighted by Crippen LogP contribution is 2.21. The molecule has 1 aromatic heterocycles. The van der Waals surface area contributed by atoms with Crippen LogP contribution in [0.3, 0.4) is 0 Å². The minimum atomic E-state index is -0.254. The topological polar surface area (TPSA) is 79.8 Å². The van der Waals surface area contributed by atoms with Crippen molar-refractivity contribution in [2.45, 2.75) is 6.92 Å². The molecule has 1 aromatic carbocycles. The maximum atomic E-state index is 11.8. The highest BCUT2D eigenvalue weighted by Gasteiger charge is 2.22. The molecule has 3 rings (SSSR count). The molecule has 2 aromatic rings. The van der Waals surface area contributed by atoms with Gasteiger partial charge in [-0.3, -0.25) is 0 Å². The van der Waals surface area contributed by atoms with Gasteiger partial charge in [0.2, 0.25) is 5.95 Å². The molecule has 138 valence electrons. The van der Waals surface area contributed by atoms with Gasteiger partial charge in [-0.05, 0) is 25.1 Å². The molecule has 26 heavy (non-hydrogen) atoms. The van der Waals surface area contributed by atoms with Gasteiger partial charge >= 0.3 is 6.09 Å². The molecule has 0 saturated carbocycles. The average molecular weight is 357 g/mol. The Kier molecular flexibility index (Phi) is 5.73. The number of nitrogens with one attached hydrogen (secondary N) is 1. The summed E-state index contributed by atoms with van der Waals surface area (Å²) in [6.07, 6.45) is 1.47. The van der Waals surface area contributed by atoms with Crippen LogP contribution in [0.25, 0.3) is 0 Å². The maximum Gasteiger partial charge on any atom is 0.409 e. The molecule has 0 atom stereocenters. The van der Waals surface area contributed by atoms with Gasteiger partial charge in [-0.2, -0.15) is 4.98 Å². The van der Waals surface area contributed by atoms with Crippen molar-refractivity contribution in [3.63, 3.8) is 0 Å². The van der Waals surface area contributed by atoms with Gasteiger partial charge in [0, 0.05) is 44.1 Å². The second-order valence-corrected chi connectivity index (χ2v) is 5.77. The summed E-state index contributed by atoms with van der Waals surface area (Å²) in [6.45, 7) is 4.84. The van der Waals surface area contributed by atoms with Gasteiger partial charge in [-0.1, -0.05) is 6.07 Å². The molecule has 2 heterocycles. The summed E-state index contributed by atoms with van der Waals surface area (Å²) in [7, 11) is 1.63. The summed E-state index contributed by atoms with van der Waals surface area (Å²) in [4.78, 5) is 24.5. The van der Waals surface area contributed by atoms with Crippen molar-refractivity contribution in [1.82, 2.24) is 14.9 Å². The number of hydrogen-bond donors (Lipinski definition) is 1. The Balaban J connectivity index is 1.63. The third-order valence-corrected chi connectivity index (χ3v) is 4.10. The minimum Gasteiger partial charge on any atom is -0.497 e. The molecule has 0 bridgehead atoms. The third kappa shape index (κ3) is 4.33. The molecule has 1 aliphatic rings. The van der Waals surface area contributed by atoms with Crippen LogP contribution in [0.1, 0.15) is 6.92 Å². The van der Waals surface area contributed by atoms with Crippen LogP contribution >= 0.6 is 0 Å². The molecule has 0 unspecified atom stereocenters. The first-order chi connectivity index (χ1) is 12.7. The molecule has 1 N–H and O–H groups in total. The van der Waals surface area contributed by atoms with Gasteiger partial charge in [-0.15, -0.1) is 0 Å². The van der Waals surface area contributed by atoms with E-state index in [4.69, 9.17) is 9.47 Å². The monoisotopic (exact) mass is 357 g/mol. The van der Waals surface area contributed by atoms with Crippen molar-refractivity contribution in [1.29, 1.82) is 0 Å². The average Bonchev–Trinajstić information content (AvgIpc) is 2.69. The Morgan fingerprint density at radius 1 is 1.23 bits per heavy atom. The predicted octanol–water partition coefficient (Wildman–Crippen LogP) is 2.51. The summed E-state index contributed by atoms with van der Waals surface area (Å²) >= 11 is 0. The quantitative estimate of drug-likeness (QED) is 0.880.